The van der Waals surface area contributed by atoms with E-state index in [0.29, 0.717) is 6.54 Å². The molecule has 0 unspecified atom stereocenters. The van der Waals surface area contributed by atoms with Crippen molar-refractivity contribution < 1.29 is 0 Å². The molecule has 5 heteroatoms. The molecule has 0 aliphatic heterocycles. The largest absolute Gasteiger partial charge is 0.377 e. The van der Waals surface area contributed by atoms with Gasteiger partial charge in [0.15, 0.2) is 0 Å². The summed E-state index contributed by atoms with van der Waals surface area (Å²) in [6, 6.07) is 16.2. The second kappa shape index (κ2) is 6.54. The molecule has 0 saturated carbocycles. The normalized spacial score (nSPS) is 10.5. The van der Waals surface area contributed by atoms with Gasteiger partial charge >= 0.3 is 0 Å². The Morgan fingerprint density at radius 2 is 1.90 bits per heavy atom. The maximum Gasteiger partial charge on any atom is 0.106 e. The minimum Gasteiger partial charge on any atom is -0.377 e. The fourth-order valence-corrected chi connectivity index (χ4v) is 2.43. The van der Waals surface area contributed by atoms with E-state index in [9.17, 15) is 0 Å². The molecule has 0 spiro atoms. The molecule has 1 N–H and O–H groups in total. The Morgan fingerprint density at radius 1 is 1.05 bits per heavy atom. The van der Waals surface area contributed by atoms with Crippen LogP contribution in [0.25, 0.3) is 0 Å². The number of aromatic nitrogens is 3. The summed E-state index contributed by atoms with van der Waals surface area (Å²) in [4.78, 5) is 4.39. The molecule has 0 atom stereocenters. The smallest absolute Gasteiger partial charge is 0.106 e. The second-order valence-electron chi connectivity index (χ2n) is 4.72. The van der Waals surface area contributed by atoms with Gasteiger partial charge in [-0.05, 0) is 33.6 Å². The first-order valence-electron chi connectivity index (χ1n) is 6.71. The molecule has 21 heavy (non-hydrogen) atoms. The van der Waals surface area contributed by atoms with E-state index in [0.717, 1.165) is 22.5 Å². The lowest BCUT2D eigenvalue weighted by atomic mass is 10.2. The highest BCUT2D eigenvalue weighted by molar-refractivity contribution is 9.10. The molecule has 3 aromatic rings. The summed E-state index contributed by atoms with van der Waals surface area (Å²) >= 11 is 3.37. The molecule has 106 valence electrons. The molecule has 0 aliphatic rings. The number of rotatable bonds is 5. The van der Waals surface area contributed by atoms with Crippen LogP contribution in [-0.2, 0) is 13.1 Å². The zero-order valence-electron chi connectivity index (χ0n) is 11.4. The minimum atomic E-state index is 0.677. The molecule has 0 fully saturated rings. The zero-order valence-corrected chi connectivity index (χ0v) is 13.0. The number of pyridine rings is 1. The van der Waals surface area contributed by atoms with Crippen molar-refractivity contribution in [1.29, 1.82) is 0 Å². The molecule has 2 heterocycles. The van der Waals surface area contributed by atoms with E-state index in [4.69, 9.17) is 0 Å². The van der Waals surface area contributed by atoms with Gasteiger partial charge in [-0.1, -0.05) is 36.4 Å². The summed E-state index contributed by atoms with van der Waals surface area (Å²) in [5.74, 6) is 0. The lowest BCUT2D eigenvalue weighted by molar-refractivity contribution is 0.687. The molecule has 3 rings (SSSR count). The number of benzene rings is 1. The van der Waals surface area contributed by atoms with Gasteiger partial charge in [-0.15, -0.1) is 0 Å². The number of halogens is 1. The van der Waals surface area contributed by atoms with Crippen molar-refractivity contribution in [2.24, 2.45) is 0 Å². The maximum absolute atomic E-state index is 4.39. The Kier molecular flexibility index (Phi) is 4.31. The number of hydrogen-bond acceptors (Lipinski definition) is 3. The molecule has 2 aromatic heterocycles. The summed E-state index contributed by atoms with van der Waals surface area (Å²) in [5, 5.41) is 7.69. The Bertz CT molecular complexity index is 709. The molecule has 0 bridgehead atoms. The fourth-order valence-electron chi connectivity index (χ4n) is 2.05. The van der Waals surface area contributed by atoms with Crippen molar-refractivity contribution in [2.75, 3.05) is 5.32 Å². The van der Waals surface area contributed by atoms with Crippen LogP contribution >= 0.6 is 15.9 Å². The van der Waals surface area contributed by atoms with Crippen molar-refractivity contribution in [3.63, 3.8) is 0 Å². The molecule has 0 aliphatic carbocycles. The van der Waals surface area contributed by atoms with Gasteiger partial charge in [0.05, 0.1) is 30.7 Å². The van der Waals surface area contributed by atoms with Crippen molar-refractivity contribution in [1.82, 2.24) is 14.8 Å². The standard InChI is InChI=1S/C16H15BrN4/c17-16-8-4-7-14(20-16)9-18-15-10-19-21(12-15)11-13-5-2-1-3-6-13/h1-8,10,12,18H,9,11H2. The first-order chi connectivity index (χ1) is 10.3. The SMILES string of the molecule is Brc1cccc(CNc2cnn(Cc3ccccc3)c2)n1. The van der Waals surface area contributed by atoms with Crippen molar-refractivity contribution in [2.45, 2.75) is 13.1 Å². The molecule has 0 saturated heterocycles. The van der Waals surface area contributed by atoms with Crippen molar-refractivity contribution in [3.05, 3.63) is 76.8 Å². The average molecular weight is 343 g/mol. The Labute approximate surface area is 132 Å². The third kappa shape index (κ3) is 3.92. The van der Waals surface area contributed by atoms with Crippen LogP contribution in [0.4, 0.5) is 5.69 Å². The first-order valence-corrected chi connectivity index (χ1v) is 7.50. The summed E-state index contributed by atoms with van der Waals surface area (Å²) in [6.45, 7) is 1.45. The lowest BCUT2D eigenvalue weighted by Gasteiger charge is -2.03. The van der Waals surface area contributed by atoms with E-state index in [1.807, 2.05) is 53.5 Å². The van der Waals surface area contributed by atoms with Crippen LogP contribution < -0.4 is 5.32 Å². The van der Waals surface area contributed by atoms with Gasteiger partial charge in [-0.2, -0.15) is 5.10 Å². The average Bonchev–Trinajstić information content (AvgIpc) is 2.94. The number of nitrogens with zero attached hydrogens (tertiary/aromatic N) is 3. The predicted molar refractivity (Wildman–Crippen MR) is 87.0 cm³/mol. The Balaban J connectivity index is 1.60. The van der Waals surface area contributed by atoms with Gasteiger partial charge in [0.1, 0.15) is 4.60 Å². The number of hydrogen-bond donors (Lipinski definition) is 1. The lowest BCUT2D eigenvalue weighted by Crippen LogP contribution is -2.01. The van der Waals surface area contributed by atoms with E-state index < -0.39 is 0 Å². The minimum absolute atomic E-state index is 0.677. The quantitative estimate of drug-likeness (QED) is 0.719. The van der Waals surface area contributed by atoms with Crippen LogP contribution in [0.3, 0.4) is 0 Å². The van der Waals surface area contributed by atoms with Gasteiger partial charge in [0, 0.05) is 6.20 Å². The fraction of sp³-hybridized carbons (Fsp3) is 0.125. The van der Waals surface area contributed by atoms with Crippen LogP contribution in [0.15, 0.2) is 65.5 Å². The predicted octanol–water partition coefficient (Wildman–Crippen LogP) is 3.70. The van der Waals surface area contributed by atoms with E-state index in [-0.39, 0.29) is 0 Å². The summed E-state index contributed by atoms with van der Waals surface area (Å²) in [5.41, 5.74) is 3.22. The number of nitrogens with one attached hydrogen (secondary N) is 1. The molecule has 1 aromatic carbocycles. The van der Waals surface area contributed by atoms with Gasteiger partial charge in [-0.3, -0.25) is 4.68 Å². The second-order valence-corrected chi connectivity index (χ2v) is 5.53. The Hall–Kier alpha value is -2.14. The highest BCUT2D eigenvalue weighted by atomic mass is 79.9. The number of anilines is 1. The molecule has 0 amide bonds. The maximum atomic E-state index is 4.39. The summed E-state index contributed by atoms with van der Waals surface area (Å²) in [7, 11) is 0. The summed E-state index contributed by atoms with van der Waals surface area (Å²) in [6.07, 6.45) is 3.84. The van der Waals surface area contributed by atoms with Gasteiger partial charge < -0.3 is 5.32 Å². The van der Waals surface area contributed by atoms with Crippen molar-refractivity contribution in [3.8, 4) is 0 Å². The third-order valence-electron chi connectivity index (χ3n) is 3.07. The highest BCUT2D eigenvalue weighted by Crippen LogP contribution is 2.11. The molecule has 4 nitrogen and oxygen atoms in total. The van der Waals surface area contributed by atoms with E-state index >= 15 is 0 Å². The monoisotopic (exact) mass is 342 g/mol. The van der Waals surface area contributed by atoms with Gasteiger partial charge in [0.25, 0.3) is 0 Å². The van der Waals surface area contributed by atoms with E-state index in [1.165, 1.54) is 5.56 Å². The van der Waals surface area contributed by atoms with Crippen LogP contribution in [0.2, 0.25) is 0 Å². The third-order valence-corrected chi connectivity index (χ3v) is 3.51. The van der Waals surface area contributed by atoms with E-state index in [2.05, 4.69) is 43.5 Å². The van der Waals surface area contributed by atoms with Crippen LogP contribution in [0, 0.1) is 0 Å². The highest BCUT2D eigenvalue weighted by Gasteiger charge is 2.01. The van der Waals surface area contributed by atoms with Gasteiger partial charge in [-0.25, -0.2) is 4.98 Å². The topological polar surface area (TPSA) is 42.7 Å². The van der Waals surface area contributed by atoms with Crippen molar-refractivity contribution >= 4 is 21.6 Å². The van der Waals surface area contributed by atoms with E-state index in [1.54, 1.807) is 0 Å². The Morgan fingerprint density at radius 3 is 2.71 bits per heavy atom. The van der Waals surface area contributed by atoms with Gasteiger partial charge in [0.2, 0.25) is 0 Å². The van der Waals surface area contributed by atoms with Crippen LogP contribution in [-0.4, -0.2) is 14.8 Å². The zero-order chi connectivity index (χ0) is 14.5. The molecule has 0 radical (unpaired) electrons. The first kappa shape index (κ1) is 13.8. The van der Waals surface area contributed by atoms with Crippen LogP contribution in [0.5, 0.6) is 0 Å². The summed E-state index contributed by atoms with van der Waals surface area (Å²) < 4.78 is 2.77. The molecular weight excluding hydrogens is 328 g/mol. The molecular formula is C16H15BrN4. The van der Waals surface area contributed by atoms with Crippen LogP contribution in [0.1, 0.15) is 11.3 Å².